The average molecular weight is 288 g/mol. The summed E-state index contributed by atoms with van der Waals surface area (Å²) in [5, 5.41) is 17.9. The zero-order valence-corrected chi connectivity index (χ0v) is 11.1. The van der Waals surface area contributed by atoms with Crippen LogP contribution in [0.2, 0.25) is 5.02 Å². The number of hydrogen-bond donors (Lipinski definition) is 1. The number of hydrogen-bond acceptors (Lipinski definition) is 3. The van der Waals surface area contributed by atoms with Crippen LogP contribution in [0.1, 0.15) is 15.9 Å². The van der Waals surface area contributed by atoms with Crippen LogP contribution in [-0.2, 0) is 6.42 Å². The van der Waals surface area contributed by atoms with E-state index in [1.54, 1.807) is 36.4 Å². The number of carboxylic acids is 1. The van der Waals surface area contributed by atoms with Gasteiger partial charge in [0.2, 0.25) is 0 Å². The normalized spacial score (nSPS) is 9.80. The molecule has 0 saturated carbocycles. The molecule has 0 saturated heterocycles. The van der Waals surface area contributed by atoms with Gasteiger partial charge in [0, 0.05) is 0 Å². The lowest BCUT2D eigenvalue weighted by atomic mass is 10.1. The van der Waals surface area contributed by atoms with E-state index in [1.807, 2.05) is 6.07 Å². The molecule has 0 bridgehead atoms. The first-order valence-electron chi connectivity index (χ1n) is 5.77. The van der Waals surface area contributed by atoms with Crippen LogP contribution < -0.4 is 4.74 Å². The molecule has 0 spiro atoms. The predicted octanol–water partition coefficient (Wildman–Crippen LogP) is 3.90. The van der Waals surface area contributed by atoms with Crippen LogP contribution in [-0.4, -0.2) is 11.1 Å². The van der Waals surface area contributed by atoms with Crippen molar-refractivity contribution < 1.29 is 14.6 Å². The highest BCUT2D eigenvalue weighted by molar-refractivity contribution is 6.33. The highest BCUT2D eigenvalue weighted by Gasteiger charge is 2.16. The van der Waals surface area contributed by atoms with Gasteiger partial charge in [-0.05, 0) is 29.8 Å². The summed E-state index contributed by atoms with van der Waals surface area (Å²) in [6, 6.07) is 13.6. The van der Waals surface area contributed by atoms with Crippen LogP contribution in [0.3, 0.4) is 0 Å². The minimum absolute atomic E-state index is 0.0738. The number of ether oxygens (including phenoxy) is 1. The van der Waals surface area contributed by atoms with Crippen LogP contribution >= 0.6 is 11.6 Å². The van der Waals surface area contributed by atoms with Crippen molar-refractivity contribution in [1.82, 2.24) is 0 Å². The van der Waals surface area contributed by atoms with Crippen LogP contribution in [0.5, 0.6) is 11.5 Å². The molecule has 4 nitrogen and oxygen atoms in total. The largest absolute Gasteiger partial charge is 0.478 e. The van der Waals surface area contributed by atoms with Gasteiger partial charge >= 0.3 is 5.97 Å². The summed E-state index contributed by atoms with van der Waals surface area (Å²) >= 11 is 5.86. The highest BCUT2D eigenvalue weighted by Crippen LogP contribution is 2.30. The number of aromatic carboxylic acids is 1. The topological polar surface area (TPSA) is 70.3 Å². The van der Waals surface area contributed by atoms with Crippen molar-refractivity contribution in [2.45, 2.75) is 6.42 Å². The van der Waals surface area contributed by atoms with Gasteiger partial charge in [0.05, 0.1) is 17.5 Å². The minimum Gasteiger partial charge on any atom is -0.478 e. The highest BCUT2D eigenvalue weighted by atomic mass is 35.5. The number of carbonyl (C=O) groups is 1. The van der Waals surface area contributed by atoms with E-state index in [9.17, 15) is 4.79 Å². The van der Waals surface area contributed by atoms with Gasteiger partial charge < -0.3 is 9.84 Å². The molecule has 1 N–H and O–H groups in total. The fourth-order valence-corrected chi connectivity index (χ4v) is 1.94. The van der Waals surface area contributed by atoms with Crippen molar-refractivity contribution in [3.63, 3.8) is 0 Å². The monoisotopic (exact) mass is 287 g/mol. The number of nitrogens with zero attached hydrogens (tertiary/aromatic N) is 1. The molecular formula is C15H10ClNO3. The molecule has 2 aromatic carbocycles. The van der Waals surface area contributed by atoms with Crippen molar-refractivity contribution in [2.24, 2.45) is 0 Å². The summed E-state index contributed by atoms with van der Waals surface area (Å²) in [7, 11) is 0. The molecule has 0 amide bonds. The summed E-state index contributed by atoms with van der Waals surface area (Å²) in [6.45, 7) is 0. The Morgan fingerprint density at radius 2 is 1.95 bits per heavy atom. The standard InChI is InChI=1S/C15H10ClNO3/c16-12-2-1-3-13(14(12)15(18)19)20-11-6-4-10(5-7-11)8-9-17/h1-7H,8H2,(H,18,19). The molecule has 0 heterocycles. The minimum atomic E-state index is -1.15. The van der Waals surface area contributed by atoms with Crippen molar-refractivity contribution >= 4 is 17.6 Å². The maximum Gasteiger partial charge on any atom is 0.341 e. The Morgan fingerprint density at radius 1 is 1.25 bits per heavy atom. The summed E-state index contributed by atoms with van der Waals surface area (Å²) in [6.07, 6.45) is 0.317. The summed E-state index contributed by atoms with van der Waals surface area (Å²) < 4.78 is 5.54. The molecule has 20 heavy (non-hydrogen) atoms. The smallest absolute Gasteiger partial charge is 0.341 e. The van der Waals surface area contributed by atoms with Crippen molar-refractivity contribution in [3.8, 4) is 17.6 Å². The number of rotatable bonds is 4. The predicted molar refractivity (Wildman–Crippen MR) is 74.2 cm³/mol. The lowest BCUT2D eigenvalue weighted by Gasteiger charge is -2.10. The first-order valence-corrected chi connectivity index (χ1v) is 6.15. The molecule has 0 radical (unpaired) electrons. The molecule has 0 fully saturated rings. The van der Waals surface area contributed by atoms with Crippen LogP contribution in [0.15, 0.2) is 42.5 Å². The Morgan fingerprint density at radius 3 is 2.55 bits per heavy atom. The fourth-order valence-electron chi connectivity index (χ4n) is 1.69. The van der Waals surface area contributed by atoms with Crippen molar-refractivity contribution in [3.05, 3.63) is 58.6 Å². The molecule has 0 aliphatic carbocycles. The average Bonchev–Trinajstić information content (AvgIpc) is 2.41. The summed E-state index contributed by atoms with van der Waals surface area (Å²) in [5.41, 5.74) is 0.791. The van der Waals surface area contributed by atoms with Gasteiger partial charge in [-0.2, -0.15) is 5.26 Å². The zero-order valence-electron chi connectivity index (χ0n) is 10.3. The maximum atomic E-state index is 11.2. The Hall–Kier alpha value is -2.51. The van der Waals surface area contributed by atoms with Crippen molar-refractivity contribution in [2.75, 3.05) is 0 Å². The van der Waals surface area contributed by atoms with E-state index in [2.05, 4.69) is 0 Å². The van der Waals surface area contributed by atoms with Gasteiger partial charge in [0.15, 0.2) is 0 Å². The Bertz CT molecular complexity index is 675. The summed E-state index contributed by atoms with van der Waals surface area (Å²) in [4.78, 5) is 11.2. The zero-order chi connectivity index (χ0) is 14.5. The van der Waals surface area contributed by atoms with Gasteiger partial charge in [-0.3, -0.25) is 0 Å². The van der Waals surface area contributed by atoms with E-state index in [0.717, 1.165) is 5.56 Å². The van der Waals surface area contributed by atoms with E-state index >= 15 is 0 Å². The second kappa shape index (κ2) is 6.09. The van der Waals surface area contributed by atoms with E-state index < -0.39 is 5.97 Å². The quantitative estimate of drug-likeness (QED) is 0.926. The number of halogens is 1. The lowest BCUT2D eigenvalue weighted by Crippen LogP contribution is -2.01. The Labute approximate surface area is 120 Å². The van der Waals surface area contributed by atoms with E-state index in [0.29, 0.717) is 12.2 Å². The third-order valence-electron chi connectivity index (χ3n) is 2.62. The lowest BCUT2D eigenvalue weighted by molar-refractivity contribution is 0.0694. The third kappa shape index (κ3) is 3.08. The van der Waals surface area contributed by atoms with Gasteiger partial charge in [0.1, 0.15) is 17.1 Å². The first kappa shape index (κ1) is 13.9. The maximum absolute atomic E-state index is 11.2. The Kier molecular flexibility index (Phi) is 4.24. The van der Waals surface area contributed by atoms with Crippen LogP contribution in [0.4, 0.5) is 0 Å². The number of carboxylic acid groups (broad SMARTS) is 1. The van der Waals surface area contributed by atoms with Gasteiger partial charge in [0.25, 0.3) is 0 Å². The molecule has 0 aliphatic rings. The molecular weight excluding hydrogens is 278 g/mol. The third-order valence-corrected chi connectivity index (χ3v) is 2.94. The second-order valence-electron chi connectivity index (χ2n) is 4.00. The van der Waals surface area contributed by atoms with Crippen LogP contribution in [0, 0.1) is 11.3 Å². The van der Waals surface area contributed by atoms with E-state index in [1.165, 1.54) is 6.07 Å². The summed E-state index contributed by atoms with van der Waals surface area (Å²) in [5.74, 6) is -0.485. The number of nitriles is 1. The van der Waals surface area contributed by atoms with Crippen LogP contribution in [0.25, 0.3) is 0 Å². The molecule has 0 unspecified atom stereocenters. The fraction of sp³-hybridized carbons (Fsp3) is 0.0667. The van der Waals surface area contributed by atoms with E-state index in [4.69, 9.17) is 26.7 Å². The molecule has 2 aromatic rings. The molecule has 0 atom stereocenters. The molecule has 2 rings (SSSR count). The van der Waals surface area contributed by atoms with Gasteiger partial charge in [-0.25, -0.2) is 4.79 Å². The molecule has 100 valence electrons. The van der Waals surface area contributed by atoms with E-state index in [-0.39, 0.29) is 16.3 Å². The first-order chi connectivity index (χ1) is 9.61. The molecule has 5 heteroatoms. The number of benzene rings is 2. The van der Waals surface area contributed by atoms with Gasteiger partial charge in [-0.15, -0.1) is 0 Å². The molecule has 0 aromatic heterocycles. The molecule has 0 aliphatic heterocycles. The SMILES string of the molecule is N#CCc1ccc(Oc2cccc(Cl)c2C(=O)O)cc1. The Balaban J connectivity index is 2.28. The second-order valence-corrected chi connectivity index (χ2v) is 4.41. The van der Waals surface area contributed by atoms with Crippen molar-refractivity contribution in [1.29, 1.82) is 5.26 Å². The van der Waals surface area contributed by atoms with Gasteiger partial charge in [-0.1, -0.05) is 29.8 Å².